The first-order chi connectivity index (χ1) is 26.8. The van der Waals surface area contributed by atoms with Crippen LogP contribution < -0.4 is 10.2 Å². The number of carbonyl (C=O) groups is 4. The molecular weight excluding hydrogens is 695 g/mol. The van der Waals surface area contributed by atoms with Crippen LogP contribution in [0.15, 0.2) is 152 Å². The number of rotatable bonds is 8. The second kappa shape index (κ2) is 14.4. The number of hydrogen-bond donors (Lipinski definition) is 2. The number of urea groups is 1. The Hall–Kier alpha value is -6.52. The minimum Gasteiger partial charge on any atom is -0.508 e. The third-order valence-corrected chi connectivity index (χ3v) is 11.0. The molecule has 55 heavy (non-hydrogen) atoms. The Morgan fingerprint density at radius 3 is 2.07 bits per heavy atom. The number of ether oxygens (including phenoxy) is 2. The highest BCUT2D eigenvalue weighted by molar-refractivity contribution is 6.24. The van der Waals surface area contributed by atoms with Crippen molar-refractivity contribution in [3.63, 3.8) is 0 Å². The molecule has 0 bridgehead atoms. The first-order valence-electron chi connectivity index (χ1n) is 18.2. The number of para-hydroxylation sites is 1. The normalized spacial score (nSPS) is 24.7. The summed E-state index contributed by atoms with van der Waals surface area (Å²) in [6.45, 7) is 5.36. The van der Waals surface area contributed by atoms with Gasteiger partial charge in [-0.2, -0.15) is 0 Å². The highest BCUT2D eigenvalue weighted by atomic mass is 16.6. The van der Waals surface area contributed by atoms with Gasteiger partial charge in [-0.05, 0) is 52.9 Å². The fraction of sp³-hybridized carbons (Fsp3) is 0.200. The van der Waals surface area contributed by atoms with Crippen LogP contribution in [0.1, 0.15) is 59.0 Å². The monoisotopic (exact) mass is 733 g/mol. The third-order valence-electron chi connectivity index (χ3n) is 11.0. The number of benzene rings is 5. The number of hydrogen-bond acceptors (Lipinski definition) is 8. The molecule has 2 fully saturated rings. The fourth-order valence-electron chi connectivity index (χ4n) is 8.79. The molecule has 3 heterocycles. The van der Waals surface area contributed by atoms with Gasteiger partial charge in [0.25, 0.3) is 0 Å². The summed E-state index contributed by atoms with van der Waals surface area (Å²) in [5, 5.41) is 13.5. The molecule has 3 aliphatic rings. The van der Waals surface area contributed by atoms with Crippen LogP contribution >= 0.6 is 0 Å². The van der Waals surface area contributed by atoms with Crippen LogP contribution in [0.4, 0.5) is 10.5 Å². The van der Waals surface area contributed by atoms with Crippen molar-refractivity contribution in [1.29, 1.82) is 0 Å². The topological polar surface area (TPSA) is 125 Å². The van der Waals surface area contributed by atoms with E-state index in [1.54, 1.807) is 36.4 Å². The maximum absolute atomic E-state index is 15.8. The molecule has 5 aromatic rings. The number of phenolic OH excluding ortho intramolecular Hbond substituents is 1. The van der Waals surface area contributed by atoms with E-state index in [1.165, 1.54) is 18.2 Å². The summed E-state index contributed by atoms with van der Waals surface area (Å²) in [6, 6.07) is 37.2. The molecule has 2 saturated heterocycles. The Kier molecular flexibility index (Phi) is 9.28. The summed E-state index contributed by atoms with van der Waals surface area (Å²) in [5.74, 6) is -3.73. The standard InChI is InChI=1S/C45H39N3O7/c1-3-27-54-41(50)36-38-42(51)55-39(31-19-11-6-12-20-31)37(30-17-9-5-10-18-30)48(38)40(32-23-25-33(49)26-24-32)45(36)34-21-13-14-22-35(34)47(43(45)52)44(53)46-28(2)29-15-7-4-8-16-29/h3-26,28,36-40,49H,1,27H2,2H3,(H,46,53)/t28-,36-,37-,38-,39+,40+,45-/m1/s1. The number of phenols is 1. The summed E-state index contributed by atoms with van der Waals surface area (Å²) in [6.07, 6.45) is 0.561. The summed E-state index contributed by atoms with van der Waals surface area (Å²) in [7, 11) is 0. The van der Waals surface area contributed by atoms with Crippen molar-refractivity contribution in [3.05, 3.63) is 180 Å². The Bertz CT molecular complexity index is 2250. The van der Waals surface area contributed by atoms with Crippen LogP contribution in [0.5, 0.6) is 5.75 Å². The van der Waals surface area contributed by atoms with Crippen LogP contribution in [-0.2, 0) is 29.3 Å². The molecule has 0 unspecified atom stereocenters. The fourth-order valence-corrected chi connectivity index (χ4v) is 8.79. The van der Waals surface area contributed by atoms with Gasteiger partial charge in [-0.25, -0.2) is 9.69 Å². The molecule has 0 aromatic heterocycles. The predicted molar refractivity (Wildman–Crippen MR) is 205 cm³/mol. The van der Waals surface area contributed by atoms with E-state index < -0.39 is 65.5 Å². The lowest BCUT2D eigenvalue weighted by Crippen LogP contribution is -2.54. The number of esters is 2. The first-order valence-corrected chi connectivity index (χ1v) is 18.2. The number of cyclic esters (lactones) is 1. The number of aromatic hydroxyl groups is 1. The molecule has 0 radical (unpaired) electrons. The van der Waals surface area contributed by atoms with Crippen molar-refractivity contribution in [2.24, 2.45) is 5.92 Å². The maximum Gasteiger partial charge on any atom is 0.329 e. The molecule has 5 aromatic carbocycles. The van der Waals surface area contributed by atoms with Crippen molar-refractivity contribution in [1.82, 2.24) is 10.2 Å². The molecule has 2 N–H and O–H groups in total. The summed E-state index contributed by atoms with van der Waals surface area (Å²) in [4.78, 5) is 62.9. The Morgan fingerprint density at radius 2 is 1.42 bits per heavy atom. The van der Waals surface area contributed by atoms with Gasteiger partial charge in [0.2, 0.25) is 5.91 Å². The van der Waals surface area contributed by atoms with E-state index in [4.69, 9.17) is 9.47 Å². The summed E-state index contributed by atoms with van der Waals surface area (Å²) < 4.78 is 12.2. The van der Waals surface area contributed by atoms with E-state index in [0.29, 0.717) is 16.7 Å². The predicted octanol–water partition coefficient (Wildman–Crippen LogP) is 7.26. The lowest BCUT2D eigenvalue weighted by atomic mass is 9.65. The SMILES string of the molecule is C=CCOC(=O)[C@H]1[C@@H]2C(=O)O[C@@H](c3ccccc3)[C@@H](c3ccccc3)N2[C@@H](c2ccc(O)cc2)[C@]12C(=O)N(C(=O)N[C@H](C)c1ccccc1)c1ccccc12. The number of nitrogens with zero attached hydrogens (tertiary/aromatic N) is 2. The van der Waals surface area contributed by atoms with E-state index in [0.717, 1.165) is 16.0 Å². The molecular formula is C45H39N3O7. The largest absolute Gasteiger partial charge is 0.508 e. The van der Waals surface area contributed by atoms with E-state index in [9.17, 15) is 19.5 Å². The maximum atomic E-state index is 15.8. The molecule has 10 heteroatoms. The van der Waals surface area contributed by atoms with Gasteiger partial charge in [0.15, 0.2) is 0 Å². The molecule has 10 nitrogen and oxygen atoms in total. The smallest absolute Gasteiger partial charge is 0.329 e. The number of nitrogens with one attached hydrogen (secondary N) is 1. The van der Waals surface area contributed by atoms with Crippen LogP contribution in [-0.4, -0.2) is 46.5 Å². The van der Waals surface area contributed by atoms with Crippen molar-refractivity contribution in [2.75, 3.05) is 11.5 Å². The van der Waals surface area contributed by atoms with Crippen LogP contribution in [0.25, 0.3) is 0 Å². The molecule has 0 saturated carbocycles. The molecule has 7 atom stereocenters. The van der Waals surface area contributed by atoms with Gasteiger partial charge in [-0.3, -0.25) is 19.3 Å². The van der Waals surface area contributed by atoms with Gasteiger partial charge in [0, 0.05) is 0 Å². The minimum absolute atomic E-state index is 0.0110. The average Bonchev–Trinajstić information content (AvgIpc) is 3.67. The number of imide groups is 1. The Balaban J connectivity index is 1.39. The van der Waals surface area contributed by atoms with Crippen molar-refractivity contribution in [2.45, 2.75) is 42.6 Å². The Morgan fingerprint density at radius 1 is 0.818 bits per heavy atom. The van der Waals surface area contributed by atoms with Crippen molar-refractivity contribution in [3.8, 4) is 5.75 Å². The number of amides is 3. The van der Waals surface area contributed by atoms with E-state index in [-0.39, 0.29) is 18.0 Å². The summed E-state index contributed by atoms with van der Waals surface area (Å²) in [5.41, 5.74) is 1.61. The van der Waals surface area contributed by atoms with Gasteiger partial charge in [0.1, 0.15) is 35.8 Å². The van der Waals surface area contributed by atoms with Crippen LogP contribution in [0.3, 0.4) is 0 Å². The number of fused-ring (bicyclic) bond motifs is 3. The zero-order valence-corrected chi connectivity index (χ0v) is 30.0. The second-order valence-electron chi connectivity index (χ2n) is 14.0. The molecule has 1 spiro atoms. The van der Waals surface area contributed by atoms with Gasteiger partial charge >= 0.3 is 18.0 Å². The van der Waals surface area contributed by atoms with Crippen molar-refractivity contribution >= 4 is 29.6 Å². The van der Waals surface area contributed by atoms with Crippen molar-refractivity contribution < 1.29 is 33.8 Å². The van der Waals surface area contributed by atoms with E-state index in [1.807, 2.05) is 103 Å². The van der Waals surface area contributed by atoms with Crippen LogP contribution in [0.2, 0.25) is 0 Å². The molecule has 3 aliphatic heterocycles. The first kappa shape index (κ1) is 35.5. The third kappa shape index (κ3) is 5.77. The lowest BCUT2D eigenvalue weighted by Gasteiger charge is -2.46. The van der Waals surface area contributed by atoms with Gasteiger partial charge < -0.3 is 19.9 Å². The van der Waals surface area contributed by atoms with E-state index in [2.05, 4.69) is 11.9 Å². The number of anilines is 1. The quantitative estimate of drug-likeness (QED) is 0.126. The highest BCUT2D eigenvalue weighted by Gasteiger charge is 2.76. The zero-order chi connectivity index (χ0) is 38.3. The Labute approximate surface area is 318 Å². The molecule has 276 valence electrons. The minimum atomic E-state index is -1.90. The van der Waals surface area contributed by atoms with E-state index >= 15 is 4.79 Å². The number of morpholine rings is 1. The lowest BCUT2D eigenvalue weighted by molar-refractivity contribution is -0.180. The number of carbonyl (C=O) groups excluding carboxylic acids is 4. The van der Waals surface area contributed by atoms with Crippen LogP contribution in [0, 0.1) is 5.92 Å². The molecule has 3 amide bonds. The highest BCUT2D eigenvalue weighted by Crippen LogP contribution is 2.66. The van der Waals surface area contributed by atoms with Gasteiger partial charge in [-0.1, -0.05) is 134 Å². The zero-order valence-electron chi connectivity index (χ0n) is 30.0. The average molecular weight is 734 g/mol. The molecule has 0 aliphatic carbocycles. The van der Waals surface area contributed by atoms with Gasteiger partial charge in [-0.15, -0.1) is 0 Å². The second-order valence-corrected chi connectivity index (χ2v) is 14.0. The van der Waals surface area contributed by atoms with Gasteiger partial charge in [0.05, 0.1) is 23.8 Å². The summed E-state index contributed by atoms with van der Waals surface area (Å²) >= 11 is 0. The molecule has 8 rings (SSSR count).